The quantitative estimate of drug-likeness (QED) is 0.191. The van der Waals surface area contributed by atoms with E-state index in [1.165, 1.54) is 95.5 Å². The zero-order chi connectivity index (χ0) is 24.7. The van der Waals surface area contributed by atoms with Gasteiger partial charge in [0.1, 0.15) is 0 Å². The fourth-order valence-electron chi connectivity index (χ4n) is 5.61. The van der Waals surface area contributed by atoms with Gasteiger partial charge in [-0.2, -0.15) is 5.06 Å². The van der Waals surface area contributed by atoms with Crippen LogP contribution in [-0.2, 0) is 11.4 Å². The Kier molecular flexibility index (Phi) is 13.2. The van der Waals surface area contributed by atoms with Gasteiger partial charge in [0, 0.05) is 36.9 Å². The summed E-state index contributed by atoms with van der Waals surface area (Å²) >= 11 is 6.15. The number of imidazole rings is 1. The molecule has 0 saturated carbocycles. The summed E-state index contributed by atoms with van der Waals surface area (Å²) in [6, 6.07) is 8.48. The molecular weight excluding hydrogens is 454 g/mol. The molecule has 1 saturated heterocycles. The van der Waals surface area contributed by atoms with E-state index in [9.17, 15) is 0 Å². The summed E-state index contributed by atoms with van der Waals surface area (Å²) in [7, 11) is 2.07. The van der Waals surface area contributed by atoms with Crippen molar-refractivity contribution in [3.05, 3.63) is 53.6 Å². The molecule has 1 aliphatic rings. The third-order valence-corrected chi connectivity index (χ3v) is 7.86. The van der Waals surface area contributed by atoms with Crippen molar-refractivity contribution in [2.75, 3.05) is 7.05 Å². The van der Waals surface area contributed by atoms with Gasteiger partial charge in [0.25, 0.3) is 0 Å². The molecule has 2 heterocycles. The summed E-state index contributed by atoms with van der Waals surface area (Å²) in [6.45, 7) is 3.21. The normalized spacial score (nSPS) is 20.6. The molecule has 0 amide bonds. The lowest BCUT2D eigenvalue weighted by molar-refractivity contribution is -0.146. The molecule has 4 nitrogen and oxygen atoms in total. The summed E-state index contributed by atoms with van der Waals surface area (Å²) in [5.41, 5.74) is 1.27. The van der Waals surface area contributed by atoms with E-state index in [4.69, 9.17) is 16.4 Å². The van der Waals surface area contributed by atoms with E-state index >= 15 is 0 Å². The van der Waals surface area contributed by atoms with Crippen LogP contribution in [0.2, 0.25) is 5.02 Å². The number of halogens is 1. The SMILES string of the molecule is CCCCCCCCCCCCCCCCC1ON(C)C(c2ccc(Cl)cc2)C1Cn1ccnc1. The van der Waals surface area contributed by atoms with Crippen LogP contribution >= 0.6 is 11.6 Å². The molecule has 1 aliphatic heterocycles. The molecule has 35 heavy (non-hydrogen) atoms. The van der Waals surface area contributed by atoms with Gasteiger partial charge in [-0.1, -0.05) is 121 Å². The molecule has 2 aromatic rings. The van der Waals surface area contributed by atoms with Gasteiger partial charge in [-0.15, -0.1) is 0 Å². The molecular formula is C30H48ClN3O. The van der Waals surface area contributed by atoms with E-state index in [1.807, 2.05) is 24.7 Å². The van der Waals surface area contributed by atoms with E-state index in [0.717, 1.165) is 18.0 Å². The van der Waals surface area contributed by atoms with E-state index in [2.05, 4.69) is 46.9 Å². The highest BCUT2D eigenvalue weighted by atomic mass is 35.5. The maximum atomic E-state index is 6.40. The minimum absolute atomic E-state index is 0.228. The molecule has 0 bridgehead atoms. The number of hydrogen-bond acceptors (Lipinski definition) is 3. The van der Waals surface area contributed by atoms with E-state index in [0.29, 0.717) is 5.92 Å². The monoisotopic (exact) mass is 501 g/mol. The highest BCUT2D eigenvalue weighted by Crippen LogP contribution is 2.41. The minimum Gasteiger partial charge on any atom is -0.337 e. The van der Waals surface area contributed by atoms with Crippen molar-refractivity contribution in [3.63, 3.8) is 0 Å². The molecule has 1 aromatic heterocycles. The van der Waals surface area contributed by atoms with Crippen LogP contribution in [0.5, 0.6) is 0 Å². The number of hydrogen-bond donors (Lipinski definition) is 0. The first-order valence-electron chi connectivity index (χ1n) is 14.3. The van der Waals surface area contributed by atoms with Gasteiger partial charge in [0.2, 0.25) is 0 Å². The summed E-state index contributed by atoms with van der Waals surface area (Å²) in [5, 5.41) is 2.85. The third kappa shape index (κ3) is 9.90. The van der Waals surface area contributed by atoms with Crippen LogP contribution in [0.4, 0.5) is 0 Å². The molecule has 0 N–H and O–H groups in total. The van der Waals surface area contributed by atoms with Crippen LogP contribution < -0.4 is 0 Å². The molecule has 196 valence electrons. The van der Waals surface area contributed by atoms with Gasteiger partial charge in [0.15, 0.2) is 0 Å². The highest BCUT2D eigenvalue weighted by Gasteiger charge is 2.42. The Hall–Kier alpha value is -1.36. The average molecular weight is 502 g/mol. The lowest BCUT2D eigenvalue weighted by Gasteiger charge is -2.24. The minimum atomic E-state index is 0.228. The van der Waals surface area contributed by atoms with Crippen molar-refractivity contribution in [2.45, 2.75) is 122 Å². The van der Waals surface area contributed by atoms with Gasteiger partial charge in [-0.25, -0.2) is 4.98 Å². The van der Waals surface area contributed by atoms with E-state index in [-0.39, 0.29) is 12.1 Å². The zero-order valence-electron chi connectivity index (χ0n) is 22.2. The number of hydroxylamine groups is 2. The first kappa shape index (κ1) is 28.2. The summed E-state index contributed by atoms with van der Waals surface area (Å²) < 4.78 is 2.19. The van der Waals surface area contributed by atoms with Crippen molar-refractivity contribution < 1.29 is 4.84 Å². The predicted octanol–water partition coefficient (Wildman–Crippen LogP) is 9.01. The lowest BCUT2D eigenvalue weighted by atomic mass is 9.87. The smallest absolute Gasteiger partial charge is 0.0946 e. The average Bonchev–Trinajstić information content (AvgIpc) is 3.48. The van der Waals surface area contributed by atoms with Gasteiger partial charge in [-0.3, -0.25) is 4.84 Å². The van der Waals surface area contributed by atoms with Crippen LogP contribution in [0.3, 0.4) is 0 Å². The Bertz CT molecular complexity index is 779. The van der Waals surface area contributed by atoms with Gasteiger partial charge < -0.3 is 4.57 Å². The topological polar surface area (TPSA) is 30.3 Å². The number of aromatic nitrogens is 2. The molecule has 3 atom stereocenters. The van der Waals surface area contributed by atoms with Gasteiger partial charge >= 0.3 is 0 Å². The Morgan fingerprint density at radius 2 is 1.40 bits per heavy atom. The van der Waals surface area contributed by atoms with Crippen LogP contribution in [0, 0.1) is 5.92 Å². The fourth-order valence-corrected chi connectivity index (χ4v) is 5.74. The van der Waals surface area contributed by atoms with Crippen LogP contribution in [0.15, 0.2) is 43.0 Å². The highest BCUT2D eigenvalue weighted by molar-refractivity contribution is 6.30. The van der Waals surface area contributed by atoms with Crippen molar-refractivity contribution in [1.82, 2.24) is 14.6 Å². The third-order valence-electron chi connectivity index (χ3n) is 7.61. The molecule has 1 fully saturated rings. The second-order valence-electron chi connectivity index (χ2n) is 10.5. The summed E-state index contributed by atoms with van der Waals surface area (Å²) in [4.78, 5) is 10.7. The zero-order valence-corrected chi connectivity index (χ0v) is 23.0. The molecule has 3 rings (SSSR count). The van der Waals surface area contributed by atoms with Crippen molar-refractivity contribution in [3.8, 4) is 0 Å². The summed E-state index contributed by atoms with van der Waals surface area (Å²) in [6.07, 6.45) is 26.7. The Morgan fingerprint density at radius 3 is 1.94 bits per heavy atom. The van der Waals surface area contributed by atoms with E-state index in [1.54, 1.807) is 0 Å². The number of nitrogens with zero attached hydrogens (tertiary/aromatic N) is 3. The van der Waals surface area contributed by atoms with Crippen LogP contribution in [0.25, 0.3) is 0 Å². The second kappa shape index (κ2) is 16.4. The maximum absolute atomic E-state index is 6.40. The van der Waals surface area contributed by atoms with Crippen LogP contribution in [0.1, 0.15) is 115 Å². The molecule has 0 spiro atoms. The standard InChI is InChI=1S/C30H48ClN3O/c1-3-4-5-6-7-8-9-10-11-12-13-14-15-16-17-29-28(24-34-23-22-32-25-34)30(33(2)35-29)26-18-20-27(31)21-19-26/h18-23,25,28-30H,3-17,24H2,1-2H3. The predicted molar refractivity (Wildman–Crippen MR) is 147 cm³/mol. The number of unbranched alkanes of at least 4 members (excludes halogenated alkanes) is 13. The Morgan fingerprint density at radius 1 is 0.829 bits per heavy atom. The molecule has 0 radical (unpaired) electrons. The fraction of sp³-hybridized carbons (Fsp3) is 0.700. The van der Waals surface area contributed by atoms with Crippen molar-refractivity contribution in [1.29, 1.82) is 0 Å². The first-order valence-corrected chi connectivity index (χ1v) is 14.7. The Labute approximate surface area is 219 Å². The molecule has 0 aliphatic carbocycles. The van der Waals surface area contributed by atoms with Crippen molar-refractivity contribution in [2.24, 2.45) is 5.92 Å². The Balaban J connectivity index is 1.34. The maximum Gasteiger partial charge on any atom is 0.0946 e. The molecule has 3 unspecified atom stereocenters. The largest absolute Gasteiger partial charge is 0.337 e. The molecule has 5 heteroatoms. The first-order chi connectivity index (χ1) is 17.2. The van der Waals surface area contributed by atoms with E-state index < -0.39 is 0 Å². The lowest BCUT2D eigenvalue weighted by Crippen LogP contribution is -2.25. The number of benzene rings is 1. The second-order valence-corrected chi connectivity index (χ2v) is 10.9. The van der Waals surface area contributed by atoms with Gasteiger partial charge in [0.05, 0.1) is 18.5 Å². The molecule has 1 aromatic carbocycles. The van der Waals surface area contributed by atoms with Gasteiger partial charge in [-0.05, 0) is 24.1 Å². The summed E-state index contributed by atoms with van der Waals surface area (Å²) in [5.74, 6) is 0.386. The number of rotatable bonds is 18. The van der Waals surface area contributed by atoms with Crippen LogP contribution in [-0.4, -0.2) is 27.8 Å². The van der Waals surface area contributed by atoms with Crippen molar-refractivity contribution >= 4 is 11.6 Å².